The molecule has 0 aromatic carbocycles. The highest BCUT2D eigenvalue weighted by Gasteiger charge is 2.06. The van der Waals surface area contributed by atoms with Crippen molar-refractivity contribution in [2.75, 3.05) is 0 Å². The summed E-state index contributed by atoms with van der Waals surface area (Å²) < 4.78 is 12.5. The molecule has 1 atom stereocenters. The van der Waals surface area contributed by atoms with Gasteiger partial charge in [0, 0.05) is 11.6 Å². The molecule has 0 radical (unpaired) electrons. The topological polar surface area (TPSA) is 12.9 Å². The van der Waals surface area contributed by atoms with Crippen molar-refractivity contribution in [3.63, 3.8) is 0 Å². The van der Waals surface area contributed by atoms with Crippen LogP contribution in [-0.4, -0.2) is 4.98 Å². The Morgan fingerprint density at radius 1 is 1.58 bits per heavy atom. The lowest BCUT2D eigenvalue weighted by atomic mass is 10.0. The van der Waals surface area contributed by atoms with Gasteiger partial charge in [0.15, 0.2) is 0 Å². The predicted octanol–water partition coefficient (Wildman–Crippen LogP) is 2.90. The predicted molar refractivity (Wildman–Crippen MR) is 47.4 cm³/mol. The summed E-state index contributed by atoms with van der Waals surface area (Å²) in [5, 5.41) is 0. The Morgan fingerprint density at radius 3 is 2.67 bits per heavy atom. The van der Waals surface area contributed by atoms with Gasteiger partial charge in [-0.25, -0.2) is 4.39 Å². The molecule has 1 rings (SSSR count). The van der Waals surface area contributed by atoms with Crippen LogP contribution in [0.4, 0.5) is 4.39 Å². The number of allylic oxidation sites excluding steroid dienone is 1. The average molecular weight is 165 g/mol. The molecule has 1 heterocycles. The number of aromatic nitrogens is 1. The monoisotopic (exact) mass is 165 g/mol. The van der Waals surface area contributed by atoms with Crippen molar-refractivity contribution in [1.82, 2.24) is 4.98 Å². The molecule has 64 valence electrons. The summed E-state index contributed by atoms with van der Waals surface area (Å²) in [6.45, 7) is 7.76. The van der Waals surface area contributed by atoms with Crippen molar-refractivity contribution in [1.29, 1.82) is 0 Å². The molecular weight excluding hydrogens is 153 g/mol. The maximum Gasteiger partial charge on any atom is 0.141 e. The quantitative estimate of drug-likeness (QED) is 0.614. The minimum Gasteiger partial charge on any atom is -0.258 e. The van der Waals surface area contributed by atoms with E-state index in [0.29, 0.717) is 0 Å². The number of hydrogen-bond donors (Lipinski definition) is 0. The second-order valence-electron chi connectivity index (χ2n) is 2.97. The molecule has 0 spiro atoms. The summed E-state index contributed by atoms with van der Waals surface area (Å²) >= 11 is 0. The van der Waals surface area contributed by atoms with Crippen molar-refractivity contribution in [3.05, 3.63) is 42.0 Å². The minimum absolute atomic E-state index is 0.200. The molecule has 1 aromatic rings. The lowest BCUT2D eigenvalue weighted by molar-refractivity contribution is 0.617. The standard InChI is InChI=1S/C10H12FN/c1-7(2)8(3)10-5-4-9(11)6-12-10/h4-6,8H,1H2,2-3H3. The first-order valence-corrected chi connectivity index (χ1v) is 3.88. The summed E-state index contributed by atoms with van der Waals surface area (Å²) in [5.74, 6) is -0.0988. The van der Waals surface area contributed by atoms with Gasteiger partial charge in [-0.1, -0.05) is 19.1 Å². The van der Waals surface area contributed by atoms with E-state index in [1.807, 2.05) is 13.8 Å². The van der Waals surface area contributed by atoms with Gasteiger partial charge in [-0.15, -0.1) is 0 Å². The van der Waals surface area contributed by atoms with Crippen LogP contribution in [0.5, 0.6) is 0 Å². The Morgan fingerprint density at radius 2 is 2.25 bits per heavy atom. The molecule has 0 saturated carbocycles. The van der Waals surface area contributed by atoms with E-state index in [2.05, 4.69) is 11.6 Å². The van der Waals surface area contributed by atoms with Gasteiger partial charge in [0.2, 0.25) is 0 Å². The van der Waals surface area contributed by atoms with Gasteiger partial charge in [0.25, 0.3) is 0 Å². The third-order valence-electron chi connectivity index (χ3n) is 1.93. The van der Waals surface area contributed by atoms with Gasteiger partial charge < -0.3 is 0 Å². The largest absolute Gasteiger partial charge is 0.258 e. The first-order chi connectivity index (χ1) is 5.61. The van der Waals surface area contributed by atoms with E-state index in [1.165, 1.54) is 12.3 Å². The van der Waals surface area contributed by atoms with E-state index in [4.69, 9.17) is 0 Å². The molecule has 0 N–H and O–H groups in total. The van der Waals surface area contributed by atoms with Gasteiger partial charge in [0.05, 0.1) is 6.20 Å². The zero-order chi connectivity index (χ0) is 9.14. The first-order valence-electron chi connectivity index (χ1n) is 3.88. The molecule has 0 aliphatic carbocycles. The Kier molecular flexibility index (Phi) is 2.58. The molecule has 0 aliphatic heterocycles. The van der Waals surface area contributed by atoms with Crippen molar-refractivity contribution < 1.29 is 4.39 Å². The van der Waals surface area contributed by atoms with Crippen LogP contribution in [0.1, 0.15) is 25.5 Å². The number of nitrogens with zero attached hydrogens (tertiary/aromatic N) is 1. The summed E-state index contributed by atoms with van der Waals surface area (Å²) in [5.41, 5.74) is 1.90. The normalized spacial score (nSPS) is 12.6. The van der Waals surface area contributed by atoms with Crippen molar-refractivity contribution in [2.24, 2.45) is 0 Å². The fourth-order valence-electron chi connectivity index (χ4n) is 0.896. The van der Waals surface area contributed by atoms with Crippen molar-refractivity contribution in [3.8, 4) is 0 Å². The van der Waals surface area contributed by atoms with Gasteiger partial charge in [-0.05, 0) is 19.1 Å². The second kappa shape index (κ2) is 3.48. The number of pyridine rings is 1. The zero-order valence-electron chi connectivity index (χ0n) is 7.34. The molecule has 0 amide bonds. The van der Waals surface area contributed by atoms with E-state index in [-0.39, 0.29) is 11.7 Å². The van der Waals surface area contributed by atoms with Gasteiger partial charge >= 0.3 is 0 Å². The summed E-state index contributed by atoms with van der Waals surface area (Å²) in [4.78, 5) is 3.96. The smallest absolute Gasteiger partial charge is 0.141 e. The molecule has 0 bridgehead atoms. The molecule has 1 nitrogen and oxygen atoms in total. The summed E-state index contributed by atoms with van der Waals surface area (Å²) in [6.07, 6.45) is 1.23. The molecule has 2 heteroatoms. The highest BCUT2D eigenvalue weighted by molar-refractivity contribution is 5.18. The lowest BCUT2D eigenvalue weighted by Gasteiger charge is -2.09. The molecule has 1 aromatic heterocycles. The number of halogens is 1. The van der Waals surface area contributed by atoms with Crippen LogP contribution >= 0.6 is 0 Å². The van der Waals surface area contributed by atoms with E-state index >= 15 is 0 Å². The Balaban J connectivity index is 2.89. The molecule has 0 aliphatic rings. The molecule has 0 fully saturated rings. The Bertz CT molecular complexity index is 276. The third kappa shape index (κ3) is 1.91. The average Bonchev–Trinajstić information content (AvgIpc) is 2.04. The van der Waals surface area contributed by atoms with Gasteiger partial charge in [-0.3, -0.25) is 4.98 Å². The molecule has 1 unspecified atom stereocenters. The van der Waals surface area contributed by atoms with Crippen LogP contribution in [0.2, 0.25) is 0 Å². The van der Waals surface area contributed by atoms with Crippen molar-refractivity contribution in [2.45, 2.75) is 19.8 Å². The van der Waals surface area contributed by atoms with Gasteiger partial charge in [0.1, 0.15) is 5.82 Å². The van der Waals surface area contributed by atoms with E-state index in [9.17, 15) is 4.39 Å². The van der Waals surface area contributed by atoms with Crippen LogP contribution in [0.25, 0.3) is 0 Å². The molecular formula is C10H12FN. The summed E-state index contributed by atoms with van der Waals surface area (Å²) in [6, 6.07) is 3.11. The Labute approximate surface area is 72.0 Å². The van der Waals surface area contributed by atoms with Crippen LogP contribution in [-0.2, 0) is 0 Å². The van der Waals surface area contributed by atoms with Crippen LogP contribution in [0.3, 0.4) is 0 Å². The third-order valence-corrected chi connectivity index (χ3v) is 1.93. The Hall–Kier alpha value is -1.18. The molecule has 0 saturated heterocycles. The second-order valence-corrected chi connectivity index (χ2v) is 2.97. The van der Waals surface area contributed by atoms with E-state index in [1.54, 1.807) is 6.07 Å². The maximum atomic E-state index is 12.5. The minimum atomic E-state index is -0.298. The fraction of sp³-hybridized carbons (Fsp3) is 0.300. The van der Waals surface area contributed by atoms with E-state index in [0.717, 1.165) is 11.3 Å². The molecule has 12 heavy (non-hydrogen) atoms. The van der Waals surface area contributed by atoms with Crippen LogP contribution in [0.15, 0.2) is 30.5 Å². The number of rotatable bonds is 2. The SMILES string of the molecule is C=C(C)C(C)c1ccc(F)cn1. The zero-order valence-corrected chi connectivity index (χ0v) is 7.34. The van der Waals surface area contributed by atoms with Gasteiger partial charge in [-0.2, -0.15) is 0 Å². The fourth-order valence-corrected chi connectivity index (χ4v) is 0.896. The number of hydrogen-bond acceptors (Lipinski definition) is 1. The highest BCUT2D eigenvalue weighted by atomic mass is 19.1. The van der Waals surface area contributed by atoms with Crippen LogP contribution < -0.4 is 0 Å². The van der Waals surface area contributed by atoms with Crippen molar-refractivity contribution >= 4 is 0 Å². The summed E-state index contributed by atoms with van der Waals surface area (Å²) in [7, 11) is 0. The lowest BCUT2D eigenvalue weighted by Crippen LogP contribution is -1.97. The highest BCUT2D eigenvalue weighted by Crippen LogP contribution is 2.19. The van der Waals surface area contributed by atoms with E-state index < -0.39 is 0 Å². The maximum absolute atomic E-state index is 12.5. The first kappa shape index (κ1) is 8.91. The van der Waals surface area contributed by atoms with Crippen LogP contribution in [0, 0.1) is 5.82 Å².